The van der Waals surface area contributed by atoms with Gasteiger partial charge in [-0.1, -0.05) is 141 Å². The highest BCUT2D eigenvalue weighted by Crippen LogP contribution is 2.56. The van der Waals surface area contributed by atoms with Crippen molar-refractivity contribution in [3.8, 4) is 11.1 Å². The summed E-state index contributed by atoms with van der Waals surface area (Å²) in [5.74, 6) is 0.102. The topological polar surface area (TPSA) is 40.5 Å². The van der Waals surface area contributed by atoms with Crippen molar-refractivity contribution in [3.63, 3.8) is 0 Å². The molecule has 2 heteroatoms. The van der Waals surface area contributed by atoms with Crippen LogP contribution in [0.15, 0.2) is 145 Å². The molecule has 3 aliphatic carbocycles. The molecule has 0 amide bonds. The fourth-order valence-electron chi connectivity index (χ4n) is 7.00. The van der Waals surface area contributed by atoms with Gasteiger partial charge in [-0.25, -0.2) is 0 Å². The normalized spacial score (nSPS) is 24.4. The van der Waals surface area contributed by atoms with Crippen LogP contribution in [0.25, 0.3) is 11.1 Å². The first-order chi connectivity index (χ1) is 19.4. The van der Waals surface area contributed by atoms with Crippen molar-refractivity contribution < 1.29 is 10.2 Å². The highest BCUT2D eigenvalue weighted by molar-refractivity contribution is 5.82. The second-order valence-electron chi connectivity index (χ2n) is 11.1. The SMILES string of the molecule is C=CC(=CC=C(C)C1(O)c2ccccc2-c2ccccc21)C=C(CCC)C1(O)c2ccccc2C2C=CC=CC21. The highest BCUT2D eigenvalue weighted by atomic mass is 16.3. The number of fused-ring (bicyclic) bond motifs is 6. The van der Waals surface area contributed by atoms with Crippen LogP contribution in [0.3, 0.4) is 0 Å². The van der Waals surface area contributed by atoms with Crippen LogP contribution >= 0.6 is 0 Å². The first kappa shape index (κ1) is 26.3. The maximum atomic E-state index is 12.5. The summed E-state index contributed by atoms with van der Waals surface area (Å²) in [6.07, 6.45) is 18.1. The predicted octanol–water partition coefficient (Wildman–Crippen LogP) is 8.42. The van der Waals surface area contributed by atoms with Crippen molar-refractivity contribution in [2.24, 2.45) is 5.92 Å². The summed E-state index contributed by atoms with van der Waals surface area (Å²) in [5, 5.41) is 24.7. The zero-order chi connectivity index (χ0) is 27.9. The Hall–Kier alpha value is -3.98. The van der Waals surface area contributed by atoms with Gasteiger partial charge in [0.05, 0.1) is 0 Å². The fraction of sp³-hybridized carbons (Fsp3) is 0.211. The van der Waals surface area contributed by atoms with Crippen molar-refractivity contribution >= 4 is 0 Å². The lowest BCUT2D eigenvalue weighted by Gasteiger charge is -2.35. The summed E-state index contributed by atoms with van der Waals surface area (Å²) >= 11 is 0. The third-order valence-electron chi connectivity index (χ3n) is 8.95. The molecule has 3 aliphatic rings. The summed E-state index contributed by atoms with van der Waals surface area (Å²) in [5.41, 5.74) is 6.54. The Morgan fingerprint density at radius 3 is 2.08 bits per heavy atom. The maximum Gasteiger partial charge on any atom is 0.137 e. The van der Waals surface area contributed by atoms with E-state index in [4.69, 9.17) is 0 Å². The predicted molar refractivity (Wildman–Crippen MR) is 165 cm³/mol. The van der Waals surface area contributed by atoms with Crippen LogP contribution in [0.5, 0.6) is 0 Å². The van der Waals surface area contributed by atoms with Gasteiger partial charge >= 0.3 is 0 Å². The van der Waals surface area contributed by atoms with Gasteiger partial charge < -0.3 is 10.2 Å². The number of allylic oxidation sites excluding steroid dienone is 8. The lowest BCUT2D eigenvalue weighted by Crippen LogP contribution is -2.34. The number of hydrogen-bond acceptors (Lipinski definition) is 2. The molecule has 3 unspecified atom stereocenters. The van der Waals surface area contributed by atoms with Crippen molar-refractivity contribution in [2.45, 2.75) is 43.8 Å². The van der Waals surface area contributed by atoms with Crippen LogP contribution in [0.4, 0.5) is 0 Å². The summed E-state index contributed by atoms with van der Waals surface area (Å²) < 4.78 is 0. The first-order valence-electron chi connectivity index (χ1n) is 14.3. The largest absolute Gasteiger partial charge is 0.380 e. The first-order valence-corrected chi connectivity index (χ1v) is 14.3. The van der Waals surface area contributed by atoms with Crippen molar-refractivity contribution in [2.75, 3.05) is 0 Å². The maximum absolute atomic E-state index is 12.5. The number of hydrogen-bond donors (Lipinski definition) is 2. The van der Waals surface area contributed by atoms with Crippen molar-refractivity contribution in [1.29, 1.82) is 0 Å². The van der Waals surface area contributed by atoms with Gasteiger partial charge in [0.25, 0.3) is 0 Å². The van der Waals surface area contributed by atoms with E-state index in [1.165, 1.54) is 5.56 Å². The Labute approximate surface area is 237 Å². The van der Waals surface area contributed by atoms with Crippen LogP contribution in [0.1, 0.15) is 54.9 Å². The van der Waals surface area contributed by atoms with E-state index in [-0.39, 0.29) is 11.8 Å². The van der Waals surface area contributed by atoms with E-state index in [1.807, 2.05) is 67.6 Å². The van der Waals surface area contributed by atoms with Crippen LogP contribution in [-0.4, -0.2) is 10.2 Å². The quantitative estimate of drug-likeness (QED) is 0.305. The molecule has 3 atom stereocenters. The molecule has 0 radical (unpaired) electrons. The van der Waals surface area contributed by atoms with Gasteiger partial charge in [-0.15, -0.1) is 0 Å². The number of aliphatic hydroxyl groups is 2. The molecule has 0 saturated carbocycles. The Bertz CT molecular complexity index is 1580. The highest BCUT2D eigenvalue weighted by Gasteiger charge is 2.51. The van der Waals surface area contributed by atoms with Gasteiger partial charge in [0.15, 0.2) is 0 Å². The average Bonchev–Trinajstić information content (AvgIpc) is 3.42. The molecule has 0 fully saturated rings. The smallest absolute Gasteiger partial charge is 0.137 e. The molecule has 6 rings (SSSR count). The van der Waals surface area contributed by atoms with E-state index in [9.17, 15) is 10.2 Å². The summed E-state index contributed by atoms with van der Waals surface area (Å²) in [4.78, 5) is 0. The van der Waals surface area contributed by atoms with E-state index in [0.717, 1.165) is 57.4 Å². The van der Waals surface area contributed by atoms with Gasteiger partial charge in [0.1, 0.15) is 11.2 Å². The number of benzene rings is 3. The molecule has 0 saturated heterocycles. The number of rotatable bonds is 7. The van der Waals surface area contributed by atoms with Crippen LogP contribution < -0.4 is 0 Å². The van der Waals surface area contributed by atoms with E-state index < -0.39 is 11.2 Å². The zero-order valence-corrected chi connectivity index (χ0v) is 23.2. The molecule has 0 heterocycles. The molecule has 0 spiro atoms. The molecule has 40 heavy (non-hydrogen) atoms. The minimum absolute atomic E-state index is 0.0525. The molecular formula is C38H36O2. The third kappa shape index (κ3) is 3.86. The van der Waals surface area contributed by atoms with Crippen LogP contribution in [0, 0.1) is 5.92 Å². The van der Waals surface area contributed by atoms with E-state index in [0.29, 0.717) is 0 Å². The van der Waals surface area contributed by atoms with E-state index >= 15 is 0 Å². The Morgan fingerprint density at radius 2 is 1.43 bits per heavy atom. The van der Waals surface area contributed by atoms with Gasteiger partial charge in [-0.3, -0.25) is 0 Å². The summed E-state index contributed by atoms with van der Waals surface area (Å²) in [6, 6.07) is 24.5. The monoisotopic (exact) mass is 524 g/mol. The second-order valence-corrected chi connectivity index (χ2v) is 11.1. The fourth-order valence-corrected chi connectivity index (χ4v) is 7.00. The Morgan fingerprint density at radius 1 is 0.825 bits per heavy atom. The summed E-state index contributed by atoms with van der Waals surface area (Å²) in [7, 11) is 0. The lowest BCUT2D eigenvalue weighted by atomic mass is 9.74. The van der Waals surface area contributed by atoms with Gasteiger partial charge in [0.2, 0.25) is 0 Å². The molecule has 200 valence electrons. The summed E-state index contributed by atoms with van der Waals surface area (Å²) in [6.45, 7) is 8.24. The van der Waals surface area contributed by atoms with Crippen LogP contribution in [-0.2, 0) is 11.2 Å². The molecule has 0 aliphatic heterocycles. The van der Waals surface area contributed by atoms with Gasteiger partial charge in [-0.2, -0.15) is 0 Å². The zero-order valence-electron chi connectivity index (χ0n) is 23.2. The van der Waals surface area contributed by atoms with Gasteiger partial charge in [0, 0.05) is 23.0 Å². The van der Waals surface area contributed by atoms with Gasteiger partial charge in [-0.05, 0) is 52.3 Å². The molecule has 0 bridgehead atoms. The van der Waals surface area contributed by atoms with Crippen molar-refractivity contribution in [1.82, 2.24) is 0 Å². The minimum Gasteiger partial charge on any atom is -0.380 e. The molecule has 3 aromatic carbocycles. The molecule has 2 nitrogen and oxygen atoms in total. The lowest BCUT2D eigenvalue weighted by molar-refractivity contribution is 0.0373. The molecule has 0 aromatic heterocycles. The van der Waals surface area contributed by atoms with E-state index in [2.05, 4.69) is 74.2 Å². The minimum atomic E-state index is -1.21. The van der Waals surface area contributed by atoms with E-state index in [1.54, 1.807) is 0 Å². The third-order valence-corrected chi connectivity index (χ3v) is 8.95. The average molecular weight is 525 g/mol. The molecular weight excluding hydrogens is 488 g/mol. The van der Waals surface area contributed by atoms with Crippen LogP contribution in [0.2, 0.25) is 0 Å². The Balaban J connectivity index is 1.43. The molecule has 3 aromatic rings. The van der Waals surface area contributed by atoms with Crippen molar-refractivity contribution in [3.05, 3.63) is 167 Å². The standard InChI is InChI=1S/C38H36O2/c1-4-14-28(38(40)35-21-12-8-17-31(35)32-18-9-13-22-36(32)38)25-27(5-2)24-23-26(3)37(39)33-19-10-6-15-29(33)30-16-7-11-20-34(30)37/h5-13,15-25,31,35,39-40H,2,4,14H2,1,3H3. The Kier molecular flexibility index (Phi) is 6.70. The molecule has 2 N–H and O–H groups in total. The second kappa shape index (κ2) is 10.2.